The number of H-pyrrole nitrogens is 1. The lowest BCUT2D eigenvalue weighted by molar-refractivity contribution is 0.690. The van der Waals surface area contributed by atoms with Crippen molar-refractivity contribution in [2.24, 2.45) is 0 Å². The SMILES string of the molecule is CS(C)=O.S=c1[nH]nc(CCn2c3ccccc3c3ccccc32)n1-c1ccccc1. The highest BCUT2D eigenvalue weighted by molar-refractivity contribution is 7.83. The Morgan fingerprint density at radius 3 is 1.97 bits per heavy atom. The normalized spacial score (nSPS) is 11.1. The van der Waals surface area contributed by atoms with Crippen LogP contribution < -0.4 is 0 Å². The fraction of sp³-hybridized carbons (Fsp3) is 0.167. The highest BCUT2D eigenvalue weighted by Crippen LogP contribution is 2.29. The number of rotatable bonds is 4. The maximum Gasteiger partial charge on any atom is 0.199 e. The number of nitrogens with one attached hydrogen (secondary N) is 1. The molecule has 2 heterocycles. The summed E-state index contributed by atoms with van der Waals surface area (Å²) < 4.78 is 14.6. The van der Waals surface area contributed by atoms with Gasteiger partial charge >= 0.3 is 0 Å². The van der Waals surface area contributed by atoms with Crippen LogP contribution in [0.2, 0.25) is 0 Å². The van der Waals surface area contributed by atoms with Gasteiger partial charge in [0.2, 0.25) is 0 Å². The number of hydrogen-bond donors (Lipinski definition) is 1. The molecule has 0 aliphatic heterocycles. The number of nitrogens with zero attached hydrogens (tertiary/aromatic N) is 3. The smallest absolute Gasteiger partial charge is 0.199 e. The largest absolute Gasteiger partial charge is 0.340 e. The summed E-state index contributed by atoms with van der Waals surface area (Å²) in [5, 5.41) is 10.0. The number of fused-ring (bicyclic) bond motifs is 3. The Bertz CT molecular complexity index is 1340. The summed E-state index contributed by atoms with van der Waals surface area (Å²) in [6.07, 6.45) is 4.06. The molecule has 5 rings (SSSR count). The number of hydrogen-bond acceptors (Lipinski definition) is 3. The Hall–Kier alpha value is -3.03. The Kier molecular flexibility index (Phi) is 6.44. The molecule has 0 aliphatic carbocycles. The van der Waals surface area contributed by atoms with E-state index in [9.17, 15) is 4.21 Å². The summed E-state index contributed by atoms with van der Waals surface area (Å²) >= 11 is 5.46. The first-order chi connectivity index (χ1) is 15.1. The average Bonchev–Trinajstić information content (AvgIpc) is 3.30. The Morgan fingerprint density at radius 1 is 0.871 bits per heavy atom. The van der Waals surface area contributed by atoms with Gasteiger partial charge in [-0.1, -0.05) is 54.6 Å². The van der Waals surface area contributed by atoms with Gasteiger partial charge in [-0.05, 0) is 36.5 Å². The van der Waals surface area contributed by atoms with Gasteiger partial charge in [-0.2, -0.15) is 5.10 Å². The molecule has 0 aliphatic rings. The zero-order chi connectivity index (χ0) is 21.8. The van der Waals surface area contributed by atoms with Crippen LogP contribution in [0.5, 0.6) is 0 Å². The van der Waals surface area contributed by atoms with Gasteiger partial charge < -0.3 is 4.57 Å². The monoisotopic (exact) mass is 448 g/mol. The molecule has 2 aromatic heterocycles. The summed E-state index contributed by atoms with van der Waals surface area (Å²) in [6.45, 7) is 0.834. The summed E-state index contributed by atoms with van der Waals surface area (Å²) in [7, 11) is -0.611. The topological polar surface area (TPSA) is 55.6 Å². The molecule has 0 radical (unpaired) electrons. The van der Waals surface area contributed by atoms with Crippen LogP contribution in [0.4, 0.5) is 0 Å². The number of aromatic nitrogens is 4. The predicted octanol–water partition coefficient (Wildman–Crippen LogP) is 5.28. The molecule has 5 nitrogen and oxygen atoms in total. The van der Waals surface area contributed by atoms with Crippen molar-refractivity contribution in [3.8, 4) is 5.69 Å². The van der Waals surface area contributed by atoms with E-state index >= 15 is 0 Å². The van der Waals surface area contributed by atoms with E-state index in [0.717, 1.165) is 24.5 Å². The fourth-order valence-corrected chi connectivity index (χ4v) is 4.05. The van der Waals surface area contributed by atoms with Crippen LogP contribution in [0.15, 0.2) is 78.9 Å². The van der Waals surface area contributed by atoms with Crippen LogP contribution in [0.1, 0.15) is 5.82 Å². The molecule has 0 amide bonds. The first-order valence-electron chi connectivity index (χ1n) is 9.99. The van der Waals surface area contributed by atoms with Gasteiger partial charge in [-0.15, -0.1) is 0 Å². The third-order valence-corrected chi connectivity index (χ3v) is 5.27. The zero-order valence-electron chi connectivity index (χ0n) is 17.5. The summed E-state index contributed by atoms with van der Waals surface area (Å²) in [5.74, 6) is 0.938. The number of aryl methyl sites for hydroxylation is 2. The molecule has 7 heteroatoms. The summed E-state index contributed by atoms with van der Waals surface area (Å²) in [5.41, 5.74) is 3.53. The third-order valence-electron chi connectivity index (χ3n) is 5.00. The third kappa shape index (κ3) is 4.52. The molecule has 0 saturated carbocycles. The molecule has 5 aromatic rings. The molecule has 31 heavy (non-hydrogen) atoms. The van der Waals surface area contributed by atoms with E-state index in [0.29, 0.717) is 4.77 Å². The molecule has 0 bridgehead atoms. The second-order valence-electron chi connectivity index (χ2n) is 7.29. The van der Waals surface area contributed by atoms with E-state index in [2.05, 4.69) is 75.4 Å². The van der Waals surface area contributed by atoms with Crippen LogP contribution in [0.25, 0.3) is 27.5 Å². The average molecular weight is 449 g/mol. The predicted molar refractivity (Wildman–Crippen MR) is 132 cm³/mol. The van der Waals surface area contributed by atoms with Crippen molar-refractivity contribution in [2.45, 2.75) is 13.0 Å². The Balaban J connectivity index is 0.000000535. The quantitative estimate of drug-likeness (QED) is 0.381. The number of aromatic amines is 1. The van der Waals surface area contributed by atoms with E-state index in [1.54, 1.807) is 12.5 Å². The van der Waals surface area contributed by atoms with Gasteiger partial charge in [-0.3, -0.25) is 13.9 Å². The van der Waals surface area contributed by atoms with E-state index < -0.39 is 10.8 Å². The van der Waals surface area contributed by atoms with Crippen molar-refractivity contribution in [3.05, 3.63) is 89.5 Å². The molecular formula is C24H24N4OS2. The molecule has 0 saturated heterocycles. The maximum absolute atomic E-state index is 9.56. The second-order valence-corrected chi connectivity index (χ2v) is 9.16. The van der Waals surface area contributed by atoms with Gasteiger partial charge in [0.05, 0.1) is 0 Å². The minimum absolute atomic E-state index is 0.611. The van der Waals surface area contributed by atoms with E-state index in [1.165, 1.54) is 21.8 Å². The van der Waals surface area contributed by atoms with E-state index in [4.69, 9.17) is 12.2 Å². The summed E-state index contributed by atoms with van der Waals surface area (Å²) in [4.78, 5) is 0. The Morgan fingerprint density at radius 2 is 1.39 bits per heavy atom. The van der Waals surface area contributed by atoms with Crippen LogP contribution in [-0.4, -0.2) is 36.1 Å². The van der Waals surface area contributed by atoms with Crippen molar-refractivity contribution in [1.82, 2.24) is 19.3 Å². The van der Waals surface area contributed by atoms with Gasteiger partial charge in [0.25, 0.3) is 0 Å². The molecule has 0 spiro atoms. The molecule has 0 unspecified atom stereocenters. The molecule has 0 fully saturated rings. The standard InChI is InChI=1S/C22H18N4S.C2H6OS/c27-22-24-23-21(26(22)16-8-2-1-3-9-16)14-15-25-19-12-6-4-10-17(19)18-11-5-7-13-20(18)25;1-4(2)3/h1-13H,14-15H2,(H,24,27);1-2H3. The lowest BCUT2D eigenvalue weighted by atomic mass is 10.2. The maximum atomic E-state index is 9.56. The number of benzene rings is 3. The lowest BCUT2D eigenvalue weighted by Crippen LogP contribution is -2.07. The van der Waals surface area contributed by atoms with E-state index in [-0.39, 0.29) is 0 Å². The molecule has 1 N–H and O–H groups in total. The molecular weight excluding hydrogens is 424 g/mol. The minimum atomic E-state index is -0.611. The van der Waals surface area contributed by atoms with Crippen LogP contribution in [0.3, 0.4) is 0 Å². The first-order valence-corrected chi connectivity index (χ1v) is 12.4. The van der Waals surface area contributed by atoms with Crippen LogP contribution in [0, 0.1) is 4.77 Å². The molecule has 158 valence electrons. The highest BCUT2D eigenvalue weighted by Gasteiger charge is 2.12. The van der Waals surface area contributed by atoms with Crippen molar-refractivity contribution in [2.75, 3.05) is 12.5 Å². The highest BCUT2D eigenvalue weighted by atomic mass is 32.2. The van der Waals surface area contributed by atoms with Crippen molar-refractivity contribution in [3.63, 3.8) is 0 Å². The second kappa shape index (κ2) is 9.41. The van der Waals surface area contributed by atoms with Crippen LogP contribution in [-0.2, 0) is 23.8 Å². The van der Waals surface area contributed by atoms with Crippen molar-refractivity contribution >= 4 is 44.8 Å². The lowest BCUT2D eigenvalue weighted by Gasteiger charge is -2.09. The van der Waals surface area contributed by atoms with Gasteiger partial charge in [-0.25, -0.2) is 0 Å². The minimum Gasteiger partial charge on any atom is -0.340 e. The van der Waals surface area contributed by atoms with Crippen molar-refractivity contribution in [1.29, 1.82) is 0 Å². The van der Waals surface area contributed by atoms with Crippen LogP contribution >= 0.6 is 12.2 Å². The Labute approximate surface area is 188 Å². The first kappa shape index (κ1) is 21.2. The van der Waals surface area contributed by atoms with Gasteiger partial charge in [0.1, 0.15) is 5.82 Å². The number of para-hydroxylation sites is 3. The molecule has 3 aromatic carbocycles. The fourth-order valence-electron chi connectivity index (χ4n) is 3.80. The molecule has 0 atom stereocenters. The summed E-state index contributed by atoms with van der Waals surface area (Å²) in [6, 6.07) is 27.3. The zero-order valence-corrected chi connectivity index (χ0v) is 19.1. The van der Waals surface area contributed by atoms with Gasteiger partial charge in [0.15, 0.2) is 4.77 Å². The van der Waals surface area contributed by atoms with Gasteiger partial charge in [0, 0.05) is 63.8 Å². The van der Waals surface area contributed by atoms with E-state index in [1.807, 2.05) is 22.8 Å². The van der Waals surface area contributed by atoms with Crippen molar-refractivity contribution < 1.29 is 4.21 Å².